The van der Waals surface area contributed by atoms with Crippen molar-refractivity contribution in [3.05, 3.63) is 65.2 Å². The number of para-hydroxylation sites is 1. The Morgan fingerprint density at radius 1 is 1.07 bits per heavy atom. The van der Waals surface area contributed by atoms with Crippen LogP contribution < -0.4 is 5.32 Å². The minimum Gasteiger partial charge on any atom is -0.453 e. The second kappa shape index (κ2) is 8.49. The lowest BCUT2D eigenvalue weighted by molar-refractivity contribution is -0.123. The Morgan fingerprint density at radius 3 is 2.50 bits per heavy atom. The molecule has 1 N–H and O–H groups in total. The van der Waals surface area contributed by atoms with Gasteiger partial charge < -0.3 is 9.47 Å². The SMILES string of the molecule is COC(=O)NC(=O)COC(=O)c1cc(-c2ccc(Cl)cc2)nc2ccccc12. The minimum atomic E-state index is -0.930. The number of fused-ring (bicyclic) bond motifs is 1. The van der Waals surface area contributed by atoms with Gasteiger partial charge in [0, 0.05) is 16.0 Å². The van der Waals surface area contributed by atoms with Gasteiger partial charge in [-0.2, -0.15) is 0 Å². The second-order valence-electron chi connectivity index (χ2n) is 5.69. The molecule has 0 saturated heterocycles. The number of benzene rings is 2. The van der Waals surface area contributed by atoms with Crippen molar-refractivity contribution in [3.63, 3.8) is 0 Å². The molecular weight excluding hydrogens is 384 g/mol. The quantitative estimate of drug-likeness (QED) is 0.675. The number of alkyl carbamates (subject to hydrolysis) is 1. The average molecular weight is 399 g/mol. The van der Waals surface area contributed by atoms with Gasteiger partial charge in [-0.15, -0.1) is 0 Å². The summed E-state index contributed by atoms with van der Waals surface area (Å²) in [6.07, 6.45) is -0.930. The number of rotatable bonds is 4. The summed E-state index contributed by atoms with van der Waals surface area (Å²) in [5.41, 5.74) is 2.18. The van der Waals surface area contributed by atoms with Crippen LogP contribution in [0.25, 0.3) is 22.2 Å². The summed E-state index contributed by atoms with van der Waals surface area (Å²) in [5, 5.41) is 3.08. The summed E-state index contributed by atoms with van der Waals surface area (Å²) in [6, 6.07) is 15.7. The maximum absolute atomic E-state index is 12.6. The van der Waals surface area contributed by atoms with Crippen molar-refractivity contribution in [2.75, 3.05) is 13.7 Å². The minimum absolute atomic E-state index is 0.251. The molecule has 0 bridgehead atoms. The molecule has 3 aromatic rings. The molecule has 0 aliphatic rings. The lowest BCUT2D eigenvalue weighted by Crippen LogP contribution is -2.34. The molecule has 3 rings (SSSR count). The van der Waals surface area contributed by atoms with Crippen LogP contribution >= 0.6 is 11.6 Å². The molecule has 0 aliphatic carbocycles. The van der Waals surface area contributed by atoms with Crippen molar-refractivity contribution in [3.8, 4) is 11.3 Å². The first-order valence-electron chi connectivity index (χ1n) is 8.18. The molecule has 0 radical (unpaired) electrons. The summed E-state index contributed by atoms with van der Waals surface area (Å²) < 4.78 is 9.36. The van der Waals surface area contributed by atoms with Crippen LogP contribution in [-0.2, 0) is 14.3 Å². The third-order valence-corrected chi connectivity index (χ3v) is 4.09. The van der Waals surface area contributed by atoms with Gasteiger partial charge in [-0.05, 0) is 24.3 Å². The first kappa shape index (κ1) is 19.3. The fourth-order valence-corrected chi connectivity index (χ4v) is 2.65. The number of aromatic nitrogens is 1. The highest BCUT2D eigenvalue weighted by atomic mass is 35.5. The zero-order chi connectivity index (χ0) is 20.1. The monoisotopic (exact) mass is 398 g/mol. The molecule has 0 atom stereocenters. The van der Waals surface area contributed by atoms with Crippen molar-refractivity contribution in [2.45, 2.75) is 0 Å². The van der Waals surface area contributed by atoms with E-state index in [4.69, 9.17) is 16.3 Å². The van der Waals surface area contributed by atoms with E-state index in [1.165, 1.54) is 0 Å². The van der Waals surface area contributed by atoms with Crippen molar-refractivity contribution in [1.29, 1.82) is 0 Å². The molecule has 2 amide bonds. The number of nitrogens with zero attached hydrogens (tertiary/aromatic N) is 1. The van der Waals surface area contributed by atoms with Gasteiger partial charge >= 0.3 is 12.1 Å². The first-order valence-corrected chi connectivity index (χ1v) is 8.56. The van der Waals surface area contributed by atoms with Crippen LogP contribution in [0.3, 0.4) is 0 Å². The summed E-state index contributed by atoms with van der Waals surface area (Å²) in [7, 11) is 1.12. The van der Waals surface area contributed by atoms with Gasteiger partial charge in [0.15, 0.2) is 6.61 Å². The highest BCUT2D eigenvalue weighted by Crippen LogP contribution is 2.26. The number of hydrogen-bond donors (Lipinski definition) is 1. The number of esters is 1. The van der Waals surface area contributed by atoms with Crippen LogP contribution in [0.4, 0.5) is 4.79 Å². The van der Waals surface area contributed by atoms with Crippen LogP contribution in [0.2, 0.25) is 5.02 Å². The molecular formula is C20H15ClN2O5. The van der Waals surface area contributed by atoms with Crippen LogP contribution in [0.15, 0.2) is 54.6 Å². The molecule has 0 fully saturated rings. The zero-order valence-corrected chi connectivity index (χ0v) is 15.5. The predicted molar refractivity (Wildman–Crippen MR) is 103 cm³/mol. The molecule has 142 valence electrons. The van der Waals surface area contributed by atoms with Crippen molar-refractivity contribution in [1.82, 2.24) is 10.3 Å². The normalized spacial score (nSPS) is 10.4. The summed E-state index contributed by atoms with van der Waals surface area (Å²) in [6.45, 7) is -0.624. The number of amides is 2. The molecule has 1 aromatic heterocycles. The number of ether oxygens (including phenoxy) is 2. The second-order valence-corrected chi connectivity index (χ2v) is 6.13. The van der Waals surface area contributed by atoms with Crippen molar-refractivity contribution in [2.24, 2.45) is 0 Å². The maximum atomic E-state index is 12.6. The van der Waals surface area contributed by atoms with E-state index >= 15 is 0 Å². The van der Waals surface area contributed by atoms with Crippen LogP contribution in [0, 0.1) is 0 Å². The highest BCUT2D eigenvalue weighted by Gasteiger charge is 2.17. The summed E-state index contributed by atoms with van der Waals surface area (Å²) >= 11 is 5.93. The molecule has 8 heteroatoms. The molecule has 0 unspecified atom stereocenters. The van der Waals surface area contributed by atoms with E-state index < -0.39 is 24.6 Å². The van der Waals surface area contributed by atoms with Gasteiger partial charge in [0.25, 0.3) is 5.91 Å². The number of methoxy groups -OCH3 is 1. The molecule has 0 saturated carbocycles. The highest BCUT2D eigenvalue weighted by molar-refractivity contribution is 6.30. The zero-order valence-electron chi connectivity index (χ0n) is 14.8. The Labute approximate surface area is 165 Å². The topological polar surface area (TPSA) is 94.6 Å². The average Bonchev–Trinajstić information content (AvgIpc) is 2.71. The van der Waals surface area contributed by atoms with Crippen molar-refractivity contribution >= 4 is 40.5 Å². The van der Waals surface area contributed by atoms with E-state index in [-0.39, 0.29) is 5.56 Å². The van der Waals surface area contributed by atoms with Gasteiger partial charge in [0.1, 0.15) is 0 Å². The van der Waals surface area contributed by atoms with E-state index in [1.807, 2.05) is 5.32 Å². The predicted octanol–water partition coefficient (Wildman–Crippen LogP) is 3.59. The molecule has 7 nitrogen and oxygen atoms in total. The Balaban J connectivity index is 1.90. The largest absolute Gasteiger partial charge is 0.453 e. The Kier molecular flexibility index (Phi) is 5.86. The number of carbonyl (C=O) groups excluding carboxylic acids is 3. The van der Waals surface area contributed by atoms with Gasteiger partial charge in [0.05, 0.1) is 23.9 Å². The van der Waals surface area contributed by atoms with Crippen molar-refractivity contribution < 1.29 is 23.9 Å². The van der Waals surface area contributed by atoms with Gasteiger partial charge in [0.2, 0.25) is 0 Å². The standard InChI is InChI=1S/C20H15ClN2O5/c1-27-20(26)23-18(24)11-28-19(25)15-10-17(12-6-8-13(21)9-7-12)22-16-5-3-2-4-14(15)16/h2-10H,11H2,1H3,(H,23,24,26). The van der Waals surface area contributed by atoms with Gasteiger partial charge in [-0.1, -0.05) is 41.9 Å². The van der Waals surface area contributed by atoms with E-state index in [2.05, 4.69) is 9.72 Å². The lowest BCUT2D eigenvalue weighted by Gasteiger charge is -2.10. The Morgan fingerprint density at radius 2 is 1.79 bits per heavy atom. The number of carbonyl (C=O) groups is 3. The molecule has 0 aliphatic heterocycles. The maximum Gasteiger partial charge on any atom is 0.413 e. The molecule has 0 spiro atoms. The summed E-state index contributed by atoms with van der Waals surface area (Å²) in [5.74, 6) is -1.51. The molecule has 28 heavy (non-hydrogen) atoms. The van der Waals surface area contributed by atoms with Crippen LogP contribution in [0.1, 0.15) is 10.4 Å². The smallest absolute Gasteiger partial charge is 0.413 e. The number of halogens is 1. The van der Waals surface area contributed by atoms with E-state index in [9.17, 15) is 14.4 Å². The third kappa shape index (κ3) is 4.44. The number of imide groups is 1. The first-order chi connectivity index (χ1) is 13.5. The molecule has 1 heterocycles. The number of nitrogens with one attached hydrogen (secondary N) is 1. The fourth-order valence-electron chi connectivity index (χ4n) is 2.52. The molecule has 2 aromatic carbocycles. The van der Waals surface area contributed by atoms with Crippen LogP contribution in [0.5, 0.6) is 0 Å². The van der Waals surface area contributed by atoms with Gasteiger partial charge in [-0.25, -0.2) is 14.6 Å². The van der Waals surface area contributed by atoms with E-state index in [1.54, 1.807) is 54.6 Å². The Hall–Kier alpha value is -3.45. The number of hydrogen-bond acceptors (Lipinski definition) is 6. The van der Waals surface area contributed by atoms with E-state index in [0.29, 0.717) is 21.6 Å². The lowest BCUT2D eigenvalue weighted by atomic mass is 10.0. The Bertz CT molecular complexity index is 1050. The van der Waals surface area contributed by atoms with E-state index in [0.717, 1.165) is 12.7 Å². The number of pyridine rings is 1. The summed E-state index contributed by atoms with van der Waals surface area (Å²) in [4.78, 5) is 39.8. The third-order valence-electron chi connectivity index (χ3n) is 3.84. The fraction of sp³-hybridized carbons (Fsp3) is 0.100. The van der Waals surface area contributed by atoms with Gasteiger partial charge in [-0.3, -0.25) is 10.1 Å². The van der Waals surface area contributed by atoms with Crippen LogP contribution in [-0.4, -0.2) is 36.7 Å².